The van der Waals surface area contributed by atoms with Crippen LogP contribution in [-0.2, 0) is 9.59 Å². The van der Waals surface area contributed by atoms with Gasteiger partial charge in [0.05, 0.1) is 0 Å². The topological polar surface area (TPSA) is 40.6 Å². The number of piperidine rings is 1. The maximum atomic E-state index is 12.5. The second-order valence-electron chi connectivity index (χ2n) is 6.29. The Labute approximate surface area is 116 Å². The van der Waals surface area contributed by atoms with Crippen molar-refractivity contribution in [3.63, 3.8) is 0 Å². The van der Waals surface area contributed by atoms with Crippen molar-refractivity contribution in [1.29, 1.82) is 0 Å². The lowest BCUT2D eigenvalue weighted by Gasteiger charge is -2.46. The van der Waals surface area contributed by atoms with Gasteiger partial charge in [0.25, 0.3) is 0 Å². The van der Waals surface area contributed by atoms with Gasteiger partial charge < -0.3 is 9.80 Å². The van der Waals surface area contributed by atoms with E-state index in [1.165, 1.54) is 0 Å². The summed E-state index contributed by atoms with van der Waals surface area (Å²) in [5.41, 5.74) is 0. The fourth-order valence-electron chi connectivity index (χ4n) is 3.18. The lowest BCUT2D eigenvalue weighted by atomic mass is 9.95. The quantitative estimate of drug-likeness (QED) is 0.781. The Balaban J connectivity index is 2.02. The predicted molar refractivity (Wildman–Crippen MR) is 74.6 cm³/mol. The molecule has 2 unspecified atom stereocenters. The van der Waals surface area contributed by atoms with Crippen LogP contribution in [0.5, 0.6) is 0 Å². The van der Waals surface area contributed by atoms with E-state index in [9.17, 15) is 9.59 Å². The molecular formula is C15H26N2O2. The summed E-state index contributed by atoms with van der Waals surface area (Å²) in [5.74, 6) is 0.974. The van der Waals surface area contributed by atoms with Gasteiger partial charge in [-0.25, -0.2) is 0 Å². The molecule has 0 bridgehead atoms. The molecule has 19 heavy (non-hydrogen) atoms. The molecule has 0 radical (unpaired) electrons. The van der Waals surface area contributed by atoms with E-state index in [0.717, 1.165) is 45.2 Å². The van der Waals surface area contributed by atoms with E-state index in [4.69, 9.17) is 0 Å². The van der Waals surface area contributed by atoms with Gasteiger partial charge in [-0.1, -0.05) is 13.8 Å². The van der Waals surface area contributed by atoms with Gasteiger partial charge >= 0.3 is 0 Å². The summed E-state index contributed by atoms with van der Waals surface area (Å²) in [6.45, 7) is 7.75. The van der Waals surface area contributed by atoms with Crippen molar-refractivity contribution in [1.82, 2.24) is 9.80 Å². The zero-order valence-corrected chi connectivity index (χ0v) is 12.4. The molecule has 108 valence electrons. The number of hydrogen-bond acceptors (Lipinski definition) is 2. The second kappa shape index (κ2) is 5.93. The van der Waals surface area contributed by atoms with Gasteiger partial charge in [-0.05, 0) is 44.9 Å². The predicted octanol–water partition coefficient (Wildman–Crippen LogP) is 2.03. The third kappa shape index (κ3) is 2.93. The highest BCUT2D eigenvalue weighted by Crippen LogP contribution is 2.26. The summed E-state index contributed by atoms with van der Waals surface area (Å²) in [5, 5.41) is 0. The highest BCUT2D eigenvalue weighted by molar-refractivity contribution is 5.96. The van der Waals surface area contributed by atoms with Crippen molar-refractivity contribution < 1.29 is 9.59 Å². The minimum absolute atomic E-state index is 0.147. The molecule has 2 amide bonds. The minimum Gasteiger partial charge on any atom is -0.329 e. The monoisotopic (exact) mass is 266 g/mol. The molecule has 0 N–H and O–H groups in total. The van der Waals surface area contributed by atoms with Crippen LogP contribution in [0.2, 0.25) is 0 Å². The largest absolute Gasteiger partial charge is 0.329 e. The standard InChI is InChI=1S/C15H26N2O2/c1-11(2)7-6-10-16-12(3)14(18)17-9-5-4-8-13(17)15(16)19/h11-13H,4-10H2,1-3H3. The third-order valence-corrected chi connectivity index (χ3v) is 4.36. The second-order valence-corrected chi connectivity index (χ2v) is 6.29. The van der Waals surface area contributed by atoms with Crippen LogP contribution in [0.4, 0.5) is 0 Å². The molecule has 4 nitrogen and oxygen atoms in total. The summed E-state index contributed by atoms with van der Waals surface area (Å²) in [6, 6.07) is -0.439. The molecule has 2 rings (SSSR count). The number of carbonyl (C=O) groups is 2. The number of nitrogens with zero attached hydrogens (tertiary/aromatic N) is 2. The first-order valence-electron chi connectivity index (χ1n) is 7.63. The Morgan fingerprint density at radius 3 is 2.63 bits per heavy atom. The van der Waals surface area contributed by atoms with Crippen molar-refractivity contribution in [3.05, 3.63) is 0 Å². The van der Waals surface area contributed by atoms with Gasteiger partial charge in [0.15, 0.2) is 0 Å². The van der Waals surface area contributed by atoms with Crippen LogP contribution in [0.1, 0.15) is 52.9 Å². The third-order valence-electron chi connectivity index (χ3n) is 4.36. The zero-order valence-electron chi connectivity index (χ0n) is 12.4. The van der Waals surface area contributed by atoms with E-state index < -0.39 is 0 Å². The molecule has 2 atom stereocenters. The number of rotatable bonds is 4. The van der Waals surface area contributed by atoms with Gasteiger partial charge in [0.2, 0.25) is 11.8 Å². The highest BCUT2D eigenvalue weighted by Gasteiger charge is 2.44. The lowest BCUT2D eigenvalue weighted by Crippen LogP contribution is -2.65. The SMILES string of the molecule is CC(C)CCCN1C(=O)C2CCCCN2C(=O)C1C. The summed E-state index contributed by atoms with van der Waals surface area (Å²) in [6.07, 6.45) is 5.05. The molecule has 0 saturated carbocycles. The summed E-state index contributed by atoms with van der Waals surface area (Å²) < 4.78 is 0. The normalized spacial score (nSPS) is 28.0. The maximum Gasteiger partial charge on any atom is 0.246 e. The molecule has 0 aromatic rings. The summed E-state index contributed by atoms with van der Waals surface area (Å²) >= 11 is 0. The van der Waals surface area contributed by atoms with E-state index in [0.29, 0.717) is 5.92 Å². The number of amides is 2. The van der Waals surface area contributed by atoms with Crippen molar-refractivity contribution in [3.8, 4) is 0 Å². The molecular weight excluding hydrogens is 240 g/mol. The smallest absolute Gasteiger partial charge is 0.246 e. The van der Waals surface area contributed by atoms with Gasteiger partial charge in [-0.15, -0.1) is 0 Å². The van der Waals surface area contributed by atoms with Crippen LogP contribution < -0.4 is 0 Å². The van der Waals surface area contributed by atoms with E-state index in [2.05, 4.69) is 13.8 Å². The fourth-order valence-corrected chi connectivity index (χ4v) is 3.18. The van der Waals surface area contributed by atoms with Gasteiger partial charge in [-0.2, -0.15) is 0 Å². The number of hydrogen-bond donors (Lipinski definition) is 0. The molecule has 2 saturated heterocycles. The average molecular weight is 266 g/mol. The molecule has 2 aliphatic rings. The molecule has 0 aliphatic carbocycles. The first-order valence-corrected chi connectivity index (χ1v) is 7.63. The van der Waals surface area contributed by atoms with Crippen LogP contribution in [0.3, 0.4) is 0 Å². The van der Waals surface area contributed by atoms with Crippen LogP contribution in [0.15, 0.2) is 0 Å². The van der Waals surface area contributed by atoms with Crippen molar-refractivity contribution in [2.75, 3.05) is 13.1 Å². The van der Waals surface area contributed by atoms with E-state index in [1.807, 2.05) is 16.7 Å². The molecule has 0 aromatic heterocycles. The van der Waals surface area contributed by atoms with Crippen LogP contribution in [0, 0.1) is 5.92 Å². The number of carbonyl (C=O) groups excluding carboxylic acids is 2. The van der Waals surface area contributed by atoms with Crippen LogP contribution in [-0.4, -0.2) is 46.8 Å². The van der Waals surface area contributed by atoms with E-state index in [1.54, 1.807) is 0 Å². The minimum atomic E-state index is -0.269. The first kappa shape index (κ1) is 14.4. The maximum absolute atomic E-state index is 12.5. The van der Waals surface area contributed by atoms with Crippen LogP contribution >= 0.6 is 0 Å². The molecule has 2 heterocycles. The Kier molecular flexibility index (Phi) is 4.48. The van der Waals surface area contributed by atoms with Crippen LogP contribution in [0.25, 0.3) is 0 Å². The first-order chi connectivity index (χ1) is 9.02. The molecule has 2 aliphatic heterocycles. The molecule has 2 fully saturated rings. The summed E-state index contributed by atoms with van der Waals surface area (Å²) in [4.78, 5) is 28.5. The van der Waals surface area contributed by atoms with Crippen molar-refractivity contribution in [2.45, 2.75) is 65.0 Å². The van der Waals surface area contributed by atoms with Crippen molar-refractivity contribution in [2.24, 2.45) is 5.92 Å². The lowest BCUT2D eigenvalue weighted by molar-refractivity contribution is -0.163. The number of piperazine rings is 1. The number of fused-ring (bicyclic) bond motifs is 1. The Morgan fingerprint density at radius 1 is 1.21 bits per heavy atom. The molecule has 0 aromatic carbocycles. The Hall–Kier alpha value is -1.06. The fraction of sp³-hybridized carbons (Fsp3) is 0.867. The molecule has 4 heteroatoms. The van der Waals surface area contributed by atoms with E-state index in [-0.39, 0.29) is 23.9 Å². The van der Waals surface area contributed by atoms with Gasteiger partial charge in [0.1, 0.15) is 12.1 Å². The summed E-state index contributed by atoms with van der Waals surface area (Å²) in [7, 11) is 0. The highest BCUT2D eigenvalue weighted by atomic mass is 16.2. The van der Waals surface area contributed by atoms with E-state index >= 15 is 0 Å². The Bertz CT molecular complexity index is 354. The van der Waals surface area contributed by atoms with Crippen molar-refractivity contribution >= 4 is 11.8 Å². The van der Waals surface area contributed by atoms with Gasteiger partial charge in [-0.3, -0.25) is 9.59 Å². The van der Waals surface area contributed by atoms with Gasteiger partial charge in [0, 0.05) is 13.1 Å². The zero-order chi connectivity index (χ0) is 14.0. The molecule has 0 spiro atoms. The Morgan fingerprint density at radius 2 is 1.95 bits per heavy atom. The average Bonchev–Trinajstić information content (AvgIpc) is 2.40.